The fourth-order valence-electron chi connectivity index (χ4n) is 3.31. The number of rotatable bonds is 5. The predicted octanol–water partition coefficient (Wildman–Crippen LogP) is 2.43. The van der Waals surface area contributed by atoms with E-state index in [0.29, 0.717) is 18.3 Å². The highest BCUT2D eigenvalue weighted by molar-refractivity contribution is 5.87. The van der Waals surface area contributed by atoms with E-state index in [1.54, 1.807) is 0 Å². The van der Waals surface area contributed by atoms with Crippen LogP contribution in [0.25, 0.3) is 0 Å². The van der Waals surface area contributed by atoms with Crippen molar-refractivity contribution >= 4 is 11.9 Å². The maximum absolute atomic E-state index is 12.1. The Morgan fingerprint density at radius 1 is 1.26 bits per heavy atom. The number of carboxylic acids is 1. The Kier molecular flexibility index (Phi) is 3.88. The van der Waals surface area contributed by atoms with Crippen molar-refractivity contribution in [2.24, 2.45) is 23.2 Å². The Balaban J connectivity index is 1.83. The van der Waals surface area contributed by atoms with E-state index in [0.717, 1.165) is 19.3 Å². The lowest BCUT2D eigenvalue weighted by Crippen LogP contribution is -2.42. The van der Waals surface area contributed by atoms with E-state index in [1.165, 1.54) is 6.42 Å². The second-order valence-electron chi connectivity index (χ2n) is 7.28. The van der Waals surface area contributed by atoms with Crippen LogP contribution in [0.5, 0.6) is 0 Å². The number of carbonyl (C=O) groups excluding carboxylic acids is 1. The average molecular weight is 267 g/mol. The molecule has 0 aromatic rings. The van der Waals surface area contributed by atoms with E-state index in [9.17, 15) is 14.7 Å². The quantitative estimate of drug-likeness (QED) is 0.804. The van der Waals surface area contributed by atoms with Gasteiger partial charge < -0.3 is 10.4 Å². The summed E-state index contributed by atoms with van der Waals surface area (Å²) in [6, 6.07) is -0.729. The summed E-state index contributed by atoms with van der Waals surface area (Å²) in [4.78, 5) is 23.3. The third-order valence-electron chi connectivity index (χ3n) is 4.51. The zero-order valence-corrected chi connectivity index (χ0v) is 12.1. The topological polar surface area (TPSA) is 66.4 Å². The molecule has 3 unspecified atom stereocenters. The van der Waals surface area contributed by atoms with Gasteiger partial charge in [-0.05, 0) is 42.9 Å². The van der Waals surface area contributed by atoms with Gasteiger partial charge in [-0.2, -0.15) is 0 Å². The molecule has 2 fully saturated rings. The molecule has 2 saturated carbocycles. The molecule has 0 radical (unpaired) electrons. The third-order valence-corrected chi connectivity index (χ3v) is 4.51. The maximum atomic E-state index is 12.1. The summed E-state index contributed by atoms with van der Waals surface area (Å²) < 4.78 is 0. The van der Waals surface area contributed by atoms with E-state index in [2.05, 4.69) is 26.1 Å². The lowest BCUT2D eigenvalue weighted by atomic mass is 9.88. The van der Waals surface area contributed by atoms with Gasteiger partial charge in [0.2, 0.25) is 5.91 Å². The zero-order valence-electron chi connectivity index (χ0n) is 12.1. The molecule has 1 amide bonds. The molecule has 2 aliphatic rings. The summed E-state index contributed by atoms with van der Waals surface area (Å²) in [7, 11) is 0. The van der Waals surface area contributed by atoms with Crippen molar-refractivity contribution in [1.82, 2.24) is 5.32 Å². The molecule has 2 N–H and O–H groups in total. The van der Waals surface area contributed by atoms with Gasteiger partial charge >= 0.3 is 5.97 Å². The van der Waals surface area contributed by atoms with Crippen LogP contribution < -0.4 is 5.32 Å². The largest absolute Gasteiger partial charge is 0.480 e. The number of hydrogen-bond acceptors (Lipinski definition) is 2. The molecule has 2 rings (SSSR count). The Labute approximate surface area is 115 Å². The van der Waals surface area contributed by atoms with Gasteiger partial charge in [-0.1, -0.05) is 27.2 Å². The highest BCUT2D eigenvalue weighted by Crippen LogP contribution is 2.57. The monoisotopic (exact) mass is 267 g/mol. The maximum Gasteiger partial charge on any atom is 0.326 e. The van der Waals surface area contributed by atoms with Crippen LogP contribution in [-0.2, 0) is 9.59 Å². The fraction of sp³-hybridized carbons (Fsp3) is 0.867. The van der Waals surface area contributed by atoms with E-state index in [-0.39, 0.29) is 17.2 Å². The van der Waals surface area contributed by atoms with Crippen LogP contribution in [0.4, 0.5) is 0 Å². The standard InChI is InChI=1S/C15H25NO3/c1-15(2,3)8-7-11(14(18)19)16-13(17)12-9-5-4-6-10(9)12/h9-12H,4-8H2,1-3H3,(H,16,17)(H,18,19). The molecule has 0 spiro atoms. The molecule has 4 nitrogen and oxygen atoms in total. The van der Waals surface area contributed by atoms with E-state index < -0.39 is 12.0 Å². The van der Waals surface area contributed by atoms with Crippen LogP contribution in [0.3, 0.4) is 0 Å². The third kappa shape index (κ3) is 3.48. The van der Waals surface area contributed by atoms with Crippen molar-refractivity contribution in [3.05, 3.63) is 0 Å². The number of nitrogens with one attached hydrogen (secondary N) is 1. The molecule has 0 saturated heterocycles. The molecule has 4 heteroatoms. The van der Waals surface area contributed by atoms with Crippen LogP contribution in [0.2, 0.25) is 0 Å². The number of amides is 1. The minimum Gasteiger partial charge on any atom is -0.480 e. The van der Waals surface area contributed by atoms with Crippen LogP contribution in [-0.4, -0.2) is 23.0 Å². The average Bonchev–Trinajstić information content (AvgIpc) is 2.76. The number of hydrogen-bond donors (Lipinski definition) is 2. The molecule has 0 bridgehead atoms. The van der Waals surface area contributed by atoms with Crippen molar-refractivity contribution in [3.8, 4) is 0 Å². The van der Waals surface area contributed by atoms with Gasteiger partial charge in [0.05, 0.1) is 0 Å². The van der Waals surface area contributed by atoms with Gasteiger partial charge in [-0.15, -0.1) is 0 Å². The van der Waals surface area contributed by atoms with Crippen LogP contribution in [0.1, 0.15) is 52.9 Å². The van der Waals surface area contributed by atoms with Crippen LogP contribution in [0.15, 0.2) is 0 Å². The van der Waals surface area contributed by atoms with E-state index in [4.69, 9.17) is 0 Å². The second-order valence-corrected chi connectivity index (χ2v) is 7.28. The molecule has 108 valence electrons. The first-order valence-electron chi connectivity index (χ1n) is 7.33. The molecule has 0 aliphatic heterocycles. The molecule has 2 aliphatic carbocycles. The van der Waals surface area contributed by atoms with E-state index in [1.807, 2.05) is 0 Å². The van der Waals surface area contributed by atoms with Gasteiger partial charge in [0.25, 0.3) is 0 Å². The lowest BCUT2D eigenvalue weighted by Gasteiger charge is -2.21. The smallest absolute Gasteiger partial charge is 0.326 e. The zero-order chi connectivity index (χ0) is 14.2. The van der Waals surface area contributed by atoms with Crippen molar-refractivity contribution in [3.63, 3.8) is 0 Å². The summed E-state index contributed by atoms with van der Waals surface area (Å²) in [5.41, 5.74) is 0.0918. The molecule has 3 atom stereocenters. The Hall–Kier alpha value is -1.06. The first-order chi connectivity index (χ1) is 8.79. The van der Waals surface area contributed by atoms with Gasteiger partial charge in [0, 0.05) is 5.92 Å². The molecule has 0 heterocycles. The minimum atomic E-state index is -0.914. The van der Waals surface area contributed by atoms with Crippen molar-refractivity contribution in [2.75, 3.05) is 0 Å². The summed E-state index contributed by atoms with van der Waals surface area (Å²) in [5, 5.41) is 12.0. The summed E-state index contributed by atoms with van der Waals surface area (Å²) in [5.74, 6) is 0.235. The number of fused-ring (bicyclic) bond motifs is 1. The predicted molar refractivity (Wildman–Crippen MR) is 72.6 cm³/mol. The molecule has 0 aromatic heterocycles. The Bertz CT molecular complexity index is 362. The normalized spacial score (nSPS) is 30.6. The first kappa shape index (κ1) is 14.4. The fourth-order valence-corrected chi connectivity index (χ4v) is 3.31. The van der Waals surface area contributed by atoms with Gasteiger partial charge in [0.15, 0.2) is 0 Å². The highest BCUT2D eigenvalue weighted by atomic mass is 16.4. The number of carboxylic acid groups (broad SMARTS) is 1. The lowest BCUT2D eigenvalue weighted by molar-refractivity contribution is -0.142. The SMILES string of the molecule is CC(C)(C)CCC(NC(=O)C1C2CCCC21)C(=O)O. The summed E-state index contributed by atoms with van der Waals surface area (Å²) in [6.07, 6.45) is 4.81. The van der Waals surface area contributed by atoms with E-state index >= 15 is 0 Å². The number of aliphatic carboxylic acids is 1. The van der Waals surface area contributed by atoms with Crippen molar-refractivity contribution < 1.29 is 14.7 Å². The molecule has 0 aromatic carbocycles. The highest BCUT2D eigenvalue weighted by Gasteiger charge is 2.56. The van der Waals surface area contributed by atoms with Gasteiger partial charge in [0.1, 0.15) is 6.04 Å². The summed E-state index contributed by atoms with van der Waals surface area (Å²) in [6.45, 7) is 6.25. The first-order valence-corrected chi connectivity index (χ1v) is 7.33. The Morgan fingerprint density at radius 2 is 1.84 bits per heavy atom. The van der Waals surface area contributed by atoms with Crippen molar-refractivity contribution in [2.45, 2.75) is 58.9 Å². The Morgan fingerprint density at radius 3 is 2.32 bits per heavy atom. The van der Waals surface area contributed by atoms with Crippen molar-refractivity contribution in [1.29, 1.82) is 0 Å². The minimum absolute atomic E-state index is 0.0315. The summed E-state index contributed by atoms with van der Waals surface area (Å²) >= 11 is 0. The number of carbonyl (C=O) groups is 2. The molecular weight excluding hydrogens is 242 g/mol. The molecular formula is C15H25NO3. The molecule has 19 heavy (non-hydrogen) atoms. The van der Waals surface area contributed by atoms with Gasteiger partial charge in [-0.25, -0.2) is 4.79 Å². The second kappa shape index (κ2) is 5.14. The van der Waals surface area contributed by atoms with Gasteiger partial charge in [-0.3, -0.25) is 4.79 Å². The van der Waals surface area contributed by atoms with Crippen LogP contribution >= 0.6 is 0 Å². The van der Waals surface area contributed by atoms with Crippen LogP contribution in [0, 0.1) is 23.2 Å².